The molecule has 0 bridgehead atoms. The summed E-state index contributed by atoms with van der Waals surface area (Å²) in [5, 5.41) is 13.1. The zero-order valence-corrected chi connectivity index (χ0v) is 14.7. The van der Waals surface area contributed by atoms with Crippen LogP contribution in [0.5, 0.6) is 11.5 Å². The molecule has 1 aliphatic rings. The fourth-order valence-electron chi connectivity index (χ4n) is 2.55. The Morgan fingerprint density at radius 2 is 1.86 bits per heavy atom. The number of piperazine rings is 1. The Labute approximate surface area is 140 Å². The number of aliphatic hydroxyl groups excluding tert-OH is 1. The van der Waals surface area contributed by atoms with Crippen molar-refractivity contribution in [2.75, 3.05) is 47.0 Å². The molecule has 1 fully saturated rings. The second kappa shape index (κ2) is 8.80. The number of nitrogens with zero attached hydrogens (tertiary/aromatic N) is 1. The largest absolute Gasteiger partial charge is 0.496 e. The lowest BCUT2D eigenvalue weighted by atomic mass is 10.0. The standard InChI is InChI=1S/C14H21BrN2O3.ClH/c1-19-13-8-11(15)14(20-2)7-10(13)12(9-18)17-5-3-16-4-6-17;/h7-8,12,16,18H,3-6,9H2,1-2H3;1H/t12-;/m1./s1. The molecule has 1 aliphatic heterocycles. The second-order valence-corrected chi connectivity index (χ2v) is 5.57. The van der Waals surface area contributed by atoms with E-state index in [9.17, 15) is 5.11 Å². The number of hydrogen-bond acceptors (Lipinski definition) is 5. The third-order valence-electron chi connectivity index (χ3n) is 3.63. The summed E-state index contributed by atoms with van der Waals surface area (Å²) in [5.74, 6) is 1.50. The monoisotopic (exact) mass is 380 g/mol. The lowest BCUT2D eigenvalue weighted by Gasteiger charge is -2.34. The first-order valence-corrected chi connectivity index (χ1v) is 7.47. The molecule has 5 nitrogen and oxygen atoms in total. The van der Waals surface area contributed by atoms with Crippen LogP contribution >= 0.6 is 28.3 Å². The molecule has 0 saturated carbocycles. The molecular weight excluding hydrogens is 360 g/mol. The highest BCUT2D eigenvalue weighted by atomic mass is 79.9. The lowest BCUT2D eigenvalue weighted by Crippen LogP contribution is -2.46. The SMILES string of the molecule is COc1cc([C@@H](CO)N2CCNCC2)c(OC)cc1Br.Cl. The molecule has 2 rings (SSSR count). The molecule has 2 N–H and O–H groups in total. The van der Waals surface area contributed by atoms with Gasteiger partial charge in [0.05, 0.1) is 31.3 Å². The fraction of sp³-hybridized carbons (Fsp3) is 0.571. The molecule has 1 saturated heterocycles. The van der Waals surface area contributed by atoms with Crippen molar-refractivity contribution in [3.05, 3.63) is 22.2 Å². The molecule has 0 spiro atoms. The maximum atomic E-state index is 9.81. The normalized spacial score (nSPS) is 17.0. The molecule has 1 atom stereocenters. The molecule has 1 heterocycles. The fourth-order valence-corrected chi connectivity index (χ4v) is 3.03. The summed E-state index contributed by atoms with van der Waals surface area (Å²) in [5.41, 5.74) is 0.956. The third kappa shape index (κ3) is 4.23. The molecule has 0 amide bonds. The average molecular weight is 382 g/mol. The molecule has 1 aromatic rings. The van der Waals surface area contributed by atoms with E-state index in [0.29, 0.717) is 0 Å². The number of ether oxygens (including phenoxy) is 2. The summed E-state index contributed by atoms with van der Waals surface area (Å²) in [6, 6.07) is 3.75. The molecule has 1 aromatic carbocycles. The number of nitrogens with one attached hydrogen (secondary N) is 1. The van der Waals surface area contributed by atoms with Crippen LogP contribution in [0.25, 0.3) is 0 Å². The van der Waals surface area contributed by atoms with Crippen LogP contribution in [0.4, 0.5) is 0 Å². The zero-order valence-electron chi connectivity index (χ0n) is 12.3. The first-order chi connectivity index (χ1) is 9.71. The van der Waals surface area contributed by atoms with E-state index >= 15 is 0 Å². The van der Waals surface area contributed by atoms with E-state index in [1.807, 2.05) is 12.1 Å². The van der Waals surface area contributed by atoms with Gasteiger partial charge in [-0.15, -0.1) is 12.4 Å². The van der Waals surface area contributed by atoms with Gasteiger partial charge in [0.1, 0.15) is 11.5 Å². The number of methoxy groups -OCH3 is 2. The van der Waals surface area contributed by atoms with Crippen LogP contribution in [-0.2, 0) is 0 Å². The summed E-state index contributed by atoms with van der Waals surface area (Å²) in [7, 11) is 3.28. The van der Waals surface area contributed by atoms with E-state index in [4.69, 9.17) is 9.47 Å². The van der Waals surface area contributed by atoms with Crippen molar-refractivity contribution in [3.63, 3.8) is 0 Å². The number of rotatable bonds is 5. The summed E-state index contributed by atoms with van der Waals surface area (Å²) >= 11 is 3.46. The Bertz CT molecular complexity index is 456. The van der Waals surface area contributed by atoms with E-state index in [0.717, 1.165) is 47.7 Å². The van der Waals surface area contributed by atoms with Crippen molar-refractivity contribution in [2.45, 2.75) is 6.04 Å². The Balaban J connectivity index is 0.00000220. The molecule has 0 aliphatic carbocycles. The smallest absolute Gasteiger partial charge is 0.133 e. The van der Waals surface area contributed by atoms with Gasteiger partial charge < -0.3 is 19.9 Å². The first kappa shape index (κ1) is 18.5. The minimum Gasteiger partial charge on any atom is -0.496 e. The van der Waals surface area contributed by atoms with Crippen LogP contribution in [0.3, 0.4) is 0 Å². The van der Waals surface area contributed by atoms with Crippen LogP contribution in [0.2, 0.25) is 0 Å². The molecule has 21 heavy (non-hydrogen) atoms. The van der Waals surface area contributed by atoms with E-state index in [2.05, 4.69) is 26.1 Å². The van der Waals surface area contributed by atoms with Gasteiger partial charge in [0, 0.05) is 31.7 Å². The van der Waals surface area contributed by atoms with Gasteiger partial charge in [-0.05, 0) is 28.1 Å². The average Bonchev–Trinajstić information content (AvgIpc) is 2.50. The highest BCUT2D eigenvalue weighted by molar-refractivity contribution is 9.10. The van der Waals surface area contributed by atoms with Crippen LogP contribution in [0.1, 0.15) is 11.6 Å². The van der Waals surface area contributed by atoms with Crippen molar-refractivity contribution in [1.82, 2.24) is 10.2 Å². The minimum atomic E-state index is -0.0750. The van der Waals surface area contributed by atoms with Crippen LogP contribution in [0, 0.1) is 0 Å². The summed E-state index contributed by atoms with van der Waals surface area (Å²) in [4.78, 5) is 2.27. The van der Waals surface area contributed by atoms with Gasteiger partial charge in [-0.3, -0.25) is 4.90 Å². The van der Waals surface area contributed by atoms with E-state index in [-0.39, 0.29) is 25.1 Å². The summed E-state index contributed by atoms with van der Waals surface area (Å²) < 4.78 is 11.7. The maximum Gasteiger partial charge on any atom is 0.133 e. The quantitative estimate of drug-likeness (QED) is 0.815. The van der Waals surface area contributed by atoms with Crippen LogP contribution in [-0.4, -0.2) is 57.0 Å². The third-order valence-corrected chi connectivity index (χ3v) is 4.25. The second-order valence-electron chi connectivity index (χ2n) is 4.71. The van der Waals surface area contributed by atoms with E-state index in [1.54, 1.807) is 14.2 Å². The Morgan fingerprint density at radius 3 is 2.38 bits per heavy atom. The summed E-state index contributed by atoms with van der Waals surface area (Å²) in [6.07, 6.45) is 0. The minimum absolute atomic E-state index is 0. The molecule has 0 unspecified atom stereocenters. The predicted molar refractivity (Wildman–Crippen MR) is 88.8 cm³/mol. The topological polar surface area (TPSA) is 54.0 Å². The van der Waals surface area contributed by atoms with Crippen LogP contribution < -0.4 is 14.8 Å². The first-order valence-electron chi connectivity index (χ1n) is 6.68. The van der Waals surface area contributed by atoms with E-state index in [1.165, 1.54) is 0 Å². The van der Waals surface area contributed by atoms with Crippen molar-refractivity contribution in [1.29, 1.82) is 0 Å². The van der Waals surface area contributed by atoms with Crippen molar-refractivity contribution in [3.8, 4) is 11.5 Å². The predicted octanol–water partition coefficient (Wildman–Crippen LogP) is 1.83. The number of aliphatic hydroxyl groups is 1. The molecule has 0 aromatic heterocycles. The number of hydrogen-bond donors (Lipinski definition) is 2. The Morgan fingerprint density at radius 1 is 1.24 bits per heavy atom. The molecular formula is C14H22BrClN2O3. The van der Waals surface area contributed by atoms with Gasteiger partial charge in [-0.1, -0.05) is 0 Å². The zero-order chi connectivity index (χ0) is 14.5. The summed E-state index contributed by atoms with van der Waals surface area (Å²) in [6.45, 7) is 3.75. The van der Waals surface area contributed by atoms with Crippen molar-refractivity contribution in [2.24, 2.45) is 0 Å². The van der Waals surface area contributed by atoms with Crippen molar-refractivity contribution < 1.29 is 14.6 Å². The van der Waals surface area contributed by atoms with Gasteiger partial charge in [-0.2, -0.15) is 0 Å². The number of benzene rings is 1. The van der Waals surface area contributed by atoms with Gasteiger partial charge >= 0.3 is 0 Å². The number of halogens is 2. The van der Waals surface area contributed by atoms with E-state index < -0.39 is 0 Å². The molecule has 0 radical (unpaired) electrons. The van der Waals surface area contributed by atoms with Gasteiger partial charge in [0.15, 0.2) is 0 Å². The lowest BCUT2D eigenvalue weighted by molar-refractivity contribution is 0.108. The van der Waals surface area contributed by atoms with Gasteiger partial charge in [0.25, 0.3) is 0 Å². The van der Waals surface area contributed by atoms with Gasteiger partial charge in [0.2, 0.25) is 0 Å². The Kier molecular flexibility index (Phi) is 7.76. The van der Waals surface area contributed by atoms with Gasteiger partial charge in [-0.25, -0.2) is 0 Å². The molecule has 7 heteroatoms. The van der Waals surface area contributed by atoms with Crippen LogP contribution in [0.15, 0.2) is 16.6 Å². The molecule has 120 valence electrons. The highest BCUT2D eigenvalue weighted by Crippen LogP contribution is 2.37. The maximum absolute atomic E-state index is 9.81. The Hall–Kier alpha value is -0.530. The highest BCUT2D eigenvalue weighted by Gasteiger charge is 2.25. The van der Waals surface area contributed by atoms with Crippen molar-refractivity contribution >= 4 is 28.3 Å².